The molecule has 2 heteroatoms. The summed E-state index contributed by atoms with van der Waals surface area (Å²) in [6.45, 7) is 0. The van der Waals surface area contributed by atoms with Crippen LogP contribution in [0.1, 0.15) is 24.4 Å². The van der Waals surface area contributed by atoms with Gasteiger partial charge < -0.3 is 11.5 Å². The van der Waals surface area contributed by atoms with Crippen molar-refractivity contribution in [3.8, 4) is 0 Å². The first-order chi connectivity index (χ1) is 5.79. The van der Waals surface area contributed by atoms with Crippen LogP contribution in [-0.4, -0.2) is 0 Å². The van der Waals surface area contributed by atoms with Crippen molar-refractivity contribution in [2.75, 3.05) is 5.73 Å². The van der Waals surface area contributed by atoms with Crippen LogP contribution in [0.15, 0.2) is 24.3 Å². The third kappa shape index (κ3) is 1.30. The molecule has 0 saturated heterocycles. The van der Waals surface area contributed by atoms with Gasteiger partial charge in [0, 0.05) is 11.7 Å². The van der Waals surface area contributed by atoms with Crippen molar-refractivity contribution >= 4 is 5.69 Å². The molecule has 1 aromatic carbocycles. The minimum Gasteiger partial charge on any atom is -0.398 e. The Morgan fingerprint density at radius 1 is 1.25 bits per heavy atom. The number of rotatable bonds is 2. The van der Waals surface area contributed by atoms with E-state index >= 15 is 0 Å². The SMILES string of the molecule is Nc1ccccc1[C@H](N)C1CC1. The van der Waals surface area contributed by atoms with Crippen LogP contribution in [0.4, 0.5) is 5.69 Å². The van der Waals surface area contributed by atoms with E-state index in [9.17, 15) is 0 Å². The van der Waals surface area contributed by atoms with Crippen LogP contribution in [0.5, 0.6) is 0 Å². The van der Waals surface area contributed by atoms with E-state index in [4.69, 9.17) is 11.5 Å². The van der Waals surface area contributed by atoms with E-state index < -0.39 is 0 Å². The molecule has 1 saturated carbocycles. The summed E-state index contributed by atoms with van der Waals surface area (Å²) < 4.78 is 0. The van der Waals surface area contributed by atoms with Crippen molar-refractivity contribution in [1.29, 1.82) is 0 Å². The van der Waals surface area contributed by atoms with E-state index in [0.717, 1.165) is 11.3 Å². The van der Waals surface area contributed by atoms with Gasteiger partial charge in [0.1, 0.15) is 0 Å². The standard InChI is InChI=1S/C10H14N2/c11-9-4-2-1-3-8(9)10(12)7-5-6-7/h1-4,7,10H,5-6,11-12H2/t10-/m1/s1. The summed E-state index contributed by atoms with van der Waals surface area (Å²) >= 11 is 0. The Kier molecular flexibility index (Phi) is 1.77. The van der Waals surface area contributed by atoms with Crippen LogP contribution < -0.4 is 11.5 Å². The van der Waals surface area contributed by atoms with E-state index in [2.05, 4.69) is 0 Å². The monoisotopic (exact) mass is 162 g/mol. The molecule has 0 amide bonds. The van der Waals surface area contributed by atoms with E-state index in [1.807, 2.05) is 24.3 Å². The highest BCUT2D eigenvalue weighted by Crippen LogP contribution is 2.40. The lowest BCUT2D eigenvalue weighted by Gasteiger charge is -2.12. The zero-order valence-electron chi connectivity index (χ0n) is 7.03. The van der Waals surface area contributed by atoms with Gasteiger partial charge in [-0.25, -0.2) is 0 Å². The molecule has 0 bridgehead atoms. The second-order valence-electron chi connectivity index (χ2n) is 3.49. The van der Waals surface area contributed by atoms with Crippen molar-refractivity contribution < 1.29 is 0 Å². The van der Waals surface area contributed by atoms with E-state index in [1.165, 1.54) is 12.8 Å². The normalized spacial score (nSPS) is 19.1. The molecule has 2 rings (SSSR count). The summed E-state index contributed by atoms with van der Waals surface area (Å²) in [6.07, 6.45) is 2.52. The van der Waals surface area contributed by atoms with Crippen LogP contribution >= 0.6 is 0 Å². The van der Waals surface area contributed by atoms with Crippen molar-refractivity contribution in [3.63, 3.8) is 0 Å². The lowest BCUT2D eigenvalue weighted by atomic mass is 10.0. The third-order valence-corrected chi connectivity index (χ3v) is 2.49. The van der Waals surface area contributed by atoms with Gasteiger partial charge in [-0.1, -0.05) is 18.2 Å². The highest BCUT2D eigenvalue weighted by molar-refractivity contribution is 5.48. The molecular weight excluding hydrogens is 148 g/mol. The summed E-state index contributed by atoms with van der Waals surface area (Å²) in [4.78, 5) is 0. The van der Waals surface area contributed by atoms with Crippen LogP contribution in [0.3, 0.4) is 0 Å². The number of anilines is 1. The number of para-hydroxylation sites is 1. The van der Waals surface area contributed by atoms with E-state index in [-0.39, 0.29) is 6.04 Å². The van der Waals surface area contributed by atoms with Gasteiger partial charge in [-0.15, -0.1) is 0 Å². The van der Waals surface area contributed by atoms with Crippen LogP contribution in [-0.2, 0) is 0 Å². The molecule has 0 unspecified atom stereocenters. The highest BCUT2D eigenvalue weighted by Gasteiger charge is 2.30. The lowest BCUT2D eigenvalue weighted by molar-refractivity contribution is 0.635. The van der Waals surface area contributed by atoms with E-state index in [1.54, 1.807) is 0 Å². The first-order valence-electron chi connectivity index (χ1n) is 4.39. The molecule has 12 heavy (non-hydrogen) atoms. The van der Waals surface area contributed by atoms with Gasteiger partial charge in [0.25, 0.3) is 0 Å². The predicted octanol–water partition coefficient (Wildman–Crippen LogP) is 1.68. The molecule has 1 atom stereocenters. The Morgan fingerprint density at radius 3 is 2.50 bits per heavy atom. The molecule has 0 spiro atoms. The average Bonchev–Trinajstić information content (AvgIpc) is 2.86. The Balaban J connectivity index is 2.25. The number of nitrogens with two attached hydrogens (primary N) is 2. The Bertz CT molecular complexity index is 279. The van der Waals surface area contributed by atoms with Crippen LogP contribution in [0, 0.1) is 5.92 Å². The third-order valence-electron chi connectivity index (χ3n) is 2.49. The van der Waals surface area contributed by atoms with Crippen molar-refractivity contribution in [3.05, 3.63) is 29.8 Å². The average molecular weight is 162 g/mol. The topological polar surface area (TPSA) is 52.0 Å². The highest BCUT2D eigenvalue weighted by atomic mass is 14.7. The minimum atomic E-state index is 0.159. The summed E-state index contributed by atoms with van der Waals surface area (Å²) in [7, 11) is 0. The van der Waals surface area contributed by atoms with Crippen molar-refractivity contribution in [1.82, 2.24) is 0 Å². The maximum atomic E-state index is 6.02. The summed E-state index contributed by atoms with van der Waals surface area (Å²) in [5.74, 6) is 0.676. The molecule has 1 aliphatic carbocycles. The van der Waals surface area contributed by atoms with Crippen LogP contribution in [0.2, 0.25) is 0 Å². The Morgan fingerprint density at radius 2 is 1.92 bits per heavy atom. The zero-order valence-corrected chi connectivity index (χ0v) is 7.03. The molecule has 0 heterocycles. The summed E-state index contributed by atoms with van der Waals surface area (Å²) in [6, 6.07) is 8.04. The molecule has 0 aromatic heterocycles. The maximum Gasteiger partial charge on any atom is 0.0362 e. The molecule has 0 aliphatic heterocycles. The molecule has 1 aliphatic rings. The van der Waals surface area contributed by atoms with Gasteiger partial charge in [-0.05, 0) is 30.4 Å². The maximum absolute atomic E-state index is 6.02. The molecular formula is C10H14N2. The number of benzene rings is 1. The Labute approximate surface area is 72.6 Å². The fourth-order valence-electron chi connectivity index (χ4n) is 1.52. The zero-order chi connectivity index (χ0) is 8.55. The molecule has 1 aromatic rings. The predicted molar refractivity (Wildman–Crippen MR) is 50.5 cm³/mol. The number of nitrogen functional groups attached to an aromatic ring is 1. The molecule has 0 radical (unpaired) electrons. The Hall–Kier alpha value is -1.02. The van der Waals surface area contributed by atoms with Gasteiger partial charge in [0.05, 0.1) is 0 Å². The molecule has 2 nitrogen and oxygen atoms in total. The molecule has 64 valence electrons. The second-order valence-corrected chi connectivity index (χ2v) is 3.49. The van der Waals surface area contributed by atoms with Crippen molar-refractivity contribution in [2.24, 2.45) is 11.7 Å². The van der Waals surface area contributed by atoms with E-state index in [0.29, 0.717) is 5.92 Å². The molecule has 1 fully saturated rings. The van der Waals surface area contributed by atoms with Crippen molar-refractivity contribution in [2.45, 2.75) is 18.9 Å². The minimum absolute atomic E-state index is 0.159. The van der Waals surface area contributed by atoms with Gasteiger partial charge in [0.2, 0.25) is 0 Å². The smallest absolute Gasteiger partial charge is 0.0362 e. The second kappa shape index (κ2) is 2.79. The van der Waals surface area contributed by atoms with Crippen LogP contribution in [0.25, 0.3) is 0 Å². The summed E-state index contributed by atoms with van der Waals surface area (Å²) in [5, 5.41) is 0. The molecule has 4 N–H and O–H groups in total. The van der Waals surface area contributed by atoms with Gasteiger partial charge in [0.15, 0.2) is 0 Å². The first-order valence-corrected chi connectivity index (χ1v) is 4.39. The number of hydrogen-bond acceptors (Lipinski definition) is 2. The largest absolute Gasteiger partial charge is 0.398 e. The lowest BCUT2D eigenvalue weighted by Crippen LogP contribution is -2.14. The first kappa shape index (κ1) is 7.62. The number of hydrogen-bond donors (Lipinski definition) is 2. The summed E-state index contributed by atoms with van der Waals surface area (Å²) in [5.41, 5.74) is 13.8. The van der Waals surface area contributed by atoms with Gasteiger partial charge in [-0.2, -0.15) is 0 Å². The fraction of sp³-hybridized carbons (Fsp3) is 0.400. The van der Waals surface area contributed by atoms with Gasteiger partial charge in [-0.3, -0.25) is 0 Å². The quantitative estimate of drug-likeness (QED) is 0.650. The fourth-order valence-corrected chi connectivity index (χ4v) is 1.52. The van der Waals surface area contributed by atoms with Gasteiger partial charge >= 0.3 is 0 Å².